The molecule has 3 nitrogen and oxygen atoms in total. The number of pyridine rings is 1. The third-order valence-corrected chi connectivity index (χ3v) is 11.1. The molecule has 56 heavy (non-hydrogen) atoms. The number of fused-ring (bicyclic) bond motifs is 6. The Bertz CT molecular complexity index is 3140. The maximum atomic E-state index is 5.20. The zero-order chi connectivity index (χ0) is 37.0. The third-order valence-electron chi connectivity index (χ3n) is 11.1. The summed E-state index contributed by atoms with van der Waals surface area (Å²) in [7, 11) is 0. The van der Waals surface area contributed by atoms with Crippen LogP contribution in [0.5, 0.6) is 0 Å². The van der Waals surface area contributed by atoms with Gasteiger partial charge in [0.2, 0.25) is 0 Å². The maximum absolute atomic E-state index is 5.20. The molecule has 3 heteroatoms. The molecule has 262 valence electrons. The summed E-state index contributed by atoms with van der Waals surface area (Å²) in [6.07, 6.45) is 0. The molecule has 0 radical (unpaired) electrons. The fourth-order valence-corrected chi connectivity index (χ4v) is 8.43. The minimum atomic E-state index is 0.948. The second-order valence-corrected chi connectivity index (χ2v) is 14.4. The van der Waals surface area contributed by atoms with Gasteiger partial charge in [-0.3, -0.25) is 0 Å². The Morgan fingerprint density at radius 1 is 0.250 bits per heavy atom. The lowest BCUT2D eigenvalue weighted by atomic mass is 10.00. The molecule has 0 aliphatic carbocycles. The Morgan fingerprint density at radius 2 is 0.625 bits per heavy atom. The molecule has 0 amide bonds. The summed E-state index contributed by atoms with van der Waals surface area (Å²) >= 11 is 0. The number of benzene rings is 8. The number of hydrogen-bond acceptors (Lipinski definition) is 1. The van der Waals surface area contributed by atoms with Crippen molar-refractivity contribution in [1.82, 2.24) is 14.1 Å². The Morgan fingerprint density at radius 3 is 1.12 bits per heavy atom. The van der Waals surface area contributed by atoms with Gasteiger partial charge in [-0.2, -0.15) is 0 Å². The van der Waals surface area contributed by atoms with E-state index in [1.807, 2.05) is 6.07 Å². The van der Waals surface area contributed by atoms with Crippen LogP contribution in [0.2, 0.25) is 0 Å². The summed E-state index contributed by atoms with van der Waals surface area (Å²) in [6.45, 7) is 0. The largest absolute Gasteiger partial charge is 0.309 e. The second kappa shape index (κ2) is 13.1. The van der Waals surface area contributed by atoms with Gasteiger partial charge >= 0.3 is 0 Å². The first-order chi connectivity index (χ1) is 27.8. The summed E-state index contributed by atoms with van der Waals surface area (Å²) in [5.41, 5.74) is 15.8. The molecule has 0 atom stereocenters. The molecule has 0 saturated carbocycles. The topological polar surface area (TPSA) is 22.8 Å². The summed E-state index contributed by atoms with van der Waals surface area (Å²) in [5, 5.41) is 4.97. The van der Waals surface area contributed by atoms with Crippen molar-refractivity contribution >= 4 is 43.6 Å². The van der Waals surface area contributed by atoms with Gasteiger partial charge in [-0.1, -0.05) is 152 Å². The molecule has 11 aromatic rings. The van der Waals surface area contributed by atoms with Crippen LogP contribution in [0, 0.1) is 0 Å². The molecular weight excluding hydrogens is 679 g/mol. The van der Waals surface area contributed by atoms with E-state index in [-0.39, 0.29) is 0 Å². The van der Waals surface area contributed by atoms with E-state index in [1.165, 1.54) is 60.3 Å². The van der Waals surface area contributed by atoms with Crippen LogP contribution in [0.25, 0.3) is 99.8 Å². The van der Waals surface area contributed by atoms with Crippen LogP contribution in [-0.4, -0.2) is 14.1 Å². The fraction of sp³-hybridized carbons (Fsp3) is 0. The van der Waals surface area contributed by atoms with Gasteiger partial charge in [0.15, 0.2) is 0 Å². The molecule has 0 saturated heterocycles. The molecule has 3 aromatic heterocycles. The van der Waals surface area contributed by atoms with Gasteiger partial charge in [0.05, 0.1) is 33.5 Å². The van der Waals surface area contributed by atoms with E-state index in [1.54, 1.807) is 0 Å². The standard InChI is InChI=1S/C53H35N3/c1-4-14-36(15-5-1)38-24-28-42(29-25-38)55-50-22-12-10-20-44(50)46-34-47-45-21-11-13-23-51(45)56(53(47)35-52(46)55)43-30-26-40(27-31-43)49-33-41(37-16-6-2-7-17-37)32-48(54-49)39-18-8-3-9-19-39/h1-35H. The van der Waals surface area contributed by atoms with Crippen LogP contribution in [0.3, 0.4) is 0 Å². The maximum Gasteiger partial charge on any atom is 0.0715 e. The van der Waals surface area contributed by atoms with Crippen molar-refractivity contribution < 1.29 is 0 Å². The Labute approximate surface area is 325 Å². The van der Waals surface area contributed by atoms with Crippen molar-refractivity contribution in [2.24, 2.45) is 0 Å². The minimum Gasteiger partial charge on any atom is -0.309 e. The van der Waals surface area contributed by atoms with Gasteiger partial charge in [0.25, 0.3) is 0 Å². The van der Waals surface area contributed by atoms with Crippen molar-refractivity contribution in [3.05, 3.63) is 212 Å². The first-order valence-corrected chi connectivity index (χ1v) is 19.1. The van der Waals surface area contributed by atoms with E-state index in [4.69, 9.17) is 4.98 Å². The molecule has 8 aromatic carbocycles. The molecule has 0 spiro atoms. The first-order valence-electron chi connectivity index (χ1n) is 19.1. The van der Waals surface area contributed by atoms with Crippen LogP contribution in [0.15, 0.2) is 212 Å². The molecule has 0 N–H and O–H groups in total. The molecular formula is C53H35N3. The van der Waals surface area contributed by atoms with Gasteiger partial charge in [-0.15, -0.1) is 0 Å². The monoisotopic (exact) mass is 713 g/mol. The van der Waals surface area contributed by atoms with Crippen molar-refractivity contribution in [2.75, 3.05) is 0 Å². The van der Waals surface area contributed by atoms with Crippen LogP contribution >= 0.6 is 0 Å². The number of hydrogen-bond donors (Lipinski definition) is 0. The quantitative estimate of drug-likeness (QED) is 0.168. The highest BCUT2D eigenvalue weighted by atomic mass is 15.0. The van der Waals surface area contributed by atoms with E-state index >= 15 is 0 Å². The predicted molar refractivity (Wildman–Crippen MR) is 235 cm³/mol. The van der Waals surface area contributed by atoms with E-state index in [2.05, 4.69) is 215 Å². The minimum absolute atomic E-state index is 0.948. The number of rotatable bonds is 6. The SMILES string of the molecule is c1ccc(-c2ccc(-n3c4ccccc4c4cc5c6ccccc6n(-c6ccc(-c7cc(-c8ccccc8)cc(-c8ccccc8)n7)cc6)c5cc43)cc2)cc1. The highest BCUT2D eigenvalue weighted by molar-refractivity contribution is 6.19. The van der Waals surface area contributed by atoms with Crippen LogP contribution < -0.4 is 0 Å². The average molecular weight is 714 g/mol. The van der Waals surface area contributed by atoms with E-state index in [0.29, 0.717) is 0 Å². The van der Waals surface area contributed by atoms with Gasteiger partial charge in [0.1, 0.15) is 0 Å². The van der Waals surface area contributed by atoms with Crippen molar-refractivity contribution in [3.8, 4) is 56.1 Å². The summed E-state index contributed by atoms with van der Waals surface area (Å²) < 4.78 is 4.83. The van der Waals surface area contributed by atoms with E-state index in [9.17, 15) is 0 Å². The molecule has 0 aliphatic rings. The third kappa shape index (κ3) is 5.32. The second-order valence-electron chi connectivity index (χ2n) is 14.4. The normalized spacial score (nSPS) is 11.6. The lowest BCUT2D eigenvalue weighted by molar-refractivity contribution is 1.16. The zero-order valence-corrected chi connectivity index (χ0v) is 30.5. The molecule has 0 unspecified atom stereocenters. The van der Waals surface area contributed by atoms with E-state index in [0.717, 1.165) is 39.5 Å². The van der Waals surface area contributed by atoms with Crippen molar-refractivity contribution in [1.29, 1.82) is 0 Å². The first kappa shape index (κ1) is 32.0. The summed E-state index contributed by atoms with van der Waals surface area (Å²) in [6, 6.07) is 76.2. The Hall–Kier alpha value is -7.49. The summed E-state index contributed by atoms with van der Waals surface area (Å²) in [4.78, 5) is 5.20. The zero-order valence-electron chi connectivity index (χ0n) is 30.5. The smallest absolute Gasteiger partial charge is 0.0715 e. The molecule has 0 bridgehead atoms. The van der Waals surface area contributed by atoms with Crippen molar-refractivity contribution in [2.45, 2.75) is 0 Å². The highest BCUT2D eigenvalue weighted by Crippen LogP contribution is 2.40. The number of para-hydroxylation sites is 2. The average Bonchev–Trinajstić information content (AvgIpc) is 3.78. The fourth-order valence-electron chi connectivity index (χ4n) is 8.43. The molecule has 11 rings (SSSR count). The van der Waals surface area contributed by atoms with Gasteiger partial charge in [-0.05, 0) is 82.9 Å². The highest BCUT2D eigenvalue weighted by Gasteiger charge is 2.19. The van der Waals surface area contributed by atoms with Gasteiger partial charge in [-0.25, -0.2) is 4.98 Å². The van der Waals surface area contributed by atoms with Gasteiger partial charge < -0.3 is 9.13 Å². The lowest BCUT2D eigenvalue weighted by Gasteiger charge is -2.12. The molecule has 3 heterocycles. The van der Waals surface area contributed by atoms with Crippen molar-refractivity contribution in [3.63, 3.8) is 0 Å². The number of nitrogens with zero attached hydrogens (tertiary/aromatic N) is 3. The molecule has 0 aliphatic heterocycles. The Kier molecular flexibility index (Phi) is 7.49. The lowest BCUT2D eigenvalue weighted by Crippen LogP contribution is -1.96. The summed E-state index contributed by atoms with van der Waals surface area (Å²) in [5.74, 6) is 0. The number of aromatic nitrogens is 3. The van der Waals surface area contributed by atoms with Crippen LogP contribution in [0.4, 0.5) is 0 Å². The Balaban J connectivity index is 1.08. The van der Waals surface area contributed by atoms with E-state index < -0.39 is 0 Å². The van der Waals surface area contributed by atoms with Crippen LogP contribution in [-0.2, 0) is 0 Å². The molecule has 0 fully saturated rings. The van der Waals surface area contributed by atoms with Crippen LogP contribution in [0.1, 0.15) is 0 Å². The van der Waals surface area contributed by atoms with Gasteiger partial charge in [0, 0.05) is 44.0 Å². The predicted octanol–water partition coefficient (Wildman–Crippen LogP) is 13.9.